The molecule has 0 spiro atoms. The summed E-state index contributed by atoms with van der Waals surface area (Å²) in [5, 5.41) is 9.37. The van der Waals surface area contributed by atoms with Gasteiger partial charge in [-0.25, -0.2) is 9.37 Å². The van der Waals surface area contributed by atoms with Gasteiger partial charge >= 0.3 is 0 Å². The van der Waals surface area contributed by atoms with Gasteiger partial charge in [-0.05, 0) is 55.0 Å². The van der Waals surface area contributed by atoms with Crippen LogP contribution in [0.5, 0.6) is 0 Å². The molecule has 3 aromatic rings. The van der Waals surface area contributed by atoms with E-state index in [0.29, 0.717) is 40.0 Å². The second-order valence-corrected chi connectivity index (χ2v) is 6.69. The molecule has 8 heteroatoms. The number of carbonyl (C=O) groups excluding carboxylic acids is 1. The molecule has 3 rings (SSSR count). The van der Waals surface area contributed by atoms with Crippen LogP contribution < -0.4 is 16.0 Å². The molecule has 0 aliphatic heterocycles. The van der Waals surface area contributed by atoms with Gasteiger partial charge in [0.1, 0.15) is 11.6 Å². The molecule has 0 bridgehead atoms. The first-order chi connectivity index (χ1) is 14.0. The van der Waals surface area contributed by atoms with Crippen LogP contribution in [0.1, 0.15) is 18.2 Å². The minimum absolute atomic E-state index is 0.0679. The van der Waals surface area contributed by atoms with Crippen LogP contribution in [-0.4, -0.2) is 29.0 Å². The maximum absolute atomic E-state index is 14.2. The highest BCUT2D eigenvalue weighted by Gasteiger charge is 2.11. The van der Waals surface area contributed by atoms with Crippen LogP contribution in [0.25, 0.3) is 0 Å². The molecule has 1 amide bonds. The van der Waals surface area contributed by atoms with Crippen LogP contribution in [0.15, 0.2) is 54.9 Å². The Morgan fingerprint density at radius 2 is 2.00 bits per heavy atom. The smallest absolute Gasteiger partial charge is 0.243 e. The van der Waals surface area contributed by atoms with Gasteiger partial charge in [0, 0.05) is 29.9 Å². The van der Waals surface area contributed by atoms with Gasteiger partial charge in [-0.15, -0.1) is 0 Å². The number of rotatable bonds is 8. The fourth-order valence-corrected chi connectivity index (χ4v) is 2.90. The molecule has 0 aliphatic carbocycles. The molecular weight excluding hydrogens is 393 g/mol. The molecule has 1 aromatic carbocycles. The Hall–Kier alpha value is -3.19. The molecule has 0 saturated carbocycles. The fraction of sp³-hybridized carbons (Fsp3) is 0.190. The van der Waals surface area contributed by atoms with Crippen LogP contribution >= 0.6 is 11.6 Å². The van der Waals surface area contributed by atoms with Crippen molar-refractivity contribution >= 4 is 34.7 Å². The van der Waals surface area contributed by atoms with E-state index in [1.807, 2.05) is 6.92 Å². The highest BCUT2D eigenvalue weighted by atomic mass is 35.5. The number of hydrogen-bond donors (Lipinski definition) is 3. The van der Waals surface area contributed by atoms with Crippen molar-refractivity contribution in [1.29, 1.82) is 0 Å². The standard InChI is InChI=1S/C21H21ClFN5O/c1-2-25-20-8-7-18(23)19(28-20)11-14-10-15(5-6-17(14)22)26-13-21(29)27-16-4-3-9-24-12-16/h3-10,12,26H,2,11,13H2,1H3,(H,25,28)(H,27,29). The zero-order valence-electron chi connectivity index (χ0n) is 15.9. The Morgan fingerprint density at radius 1 is 1.14 bits per heavy atom. The second kappa shape index (κ2) is 9.84. The molecular formula is C21H21ClFN5O. The van der Waals surface area contributed by atoms with Gasteiger partial charge in [-0.1, -0.05) is 11.6 Å². The predicted molar refractivity (Wildman–Crippen MR) is 114 cm³/mol. The maximum atomic E-state index is 14.2. The van der Waals surface area contributed by atoms with E-state index in [1.54, 1.807) is 48.8 Å². The summed E-state index contributed by atoms with van der Waals surface area (Å²) >= 11 is 6.29. The van der Waals surface area contributed by atoms with Gasteiger partial charge < -0.3 is 16.0 Å². The van der Waals surface area contributed by atoms with E-state index in [0.717, 1.165) is 0 Å². The van der Waals surface area contributed by atoms with E-state index in [-0.39, 0.29) is 18.9 Å². The number of aromatic nitrogens is 2. The molecule has 6 nitrogen and oxygen atoms in total. The number of amides is 1. The lowest BCUT2D eigenvalue weighted by Crippen LogP contribution is -2.21. The molecule has 0 unspecified atom stereocenters. The average molecular weight is 414 g/mol. The lowest BCUT2D eigenvalue weighted by Gasteiger charge is -2.11. The molecule has 2 aromatic heterocycles. The fourth-order valence-electron chi connectivity index (χ4n) is 2.71. The Kier molecular flexibility index (Phi) is 6.97. The summed E-state index contributed by atoms with van der Waals surface area (Å²) in [6.07, 6.45) is 3.44. The minimum atomic E-state index is -0.392. The van der Waals surface area contributed by atoms with Crippen molar-refractivity contribution in [1.82, 2.24) is 9.97 Å². The number of nitrogens with one attached hydrogen (secondary N) is 3. The first-order valence-corrected chi connectivity index (χ1v) is 9.54. The molecule has 0 fully saturated rings. The zero-order valence-corrected chi connectivity index (χ0v) is 16.6. The van der Waals surface area contributed by atoms with Gasteiger partial charge in [0.05, 0.1) is 24.1 Å². The van der Waals surface area contributed by atoms with E-state index in [1.165, 1.54) is 6.07 Å². The summed E-state index contributed by atoms with van der Waals surface area (Å²) in [4.78, 5) is 20.3. The lowest BCUT2D eigenvalue weighted by molar-refractivity contribution is -0.114. The topological polar surface area (TPSA) is 78.9 Å². The Morgan fingerprint density at radius 3 is 2.76 bits per heavy atom. The van der Waals surface area contributed by atoms with E-state index < -0.39 is 5.82 Å². The number of carbonyl (C=O) groups is 1. The van der Waals surface area contributed by atoms with Gasteiger partial charge in [-0.3, -0.25) is 9.78 Å². The van der Waals surface area contributed by atoms with Crippen LogP contribution in [-0.2, 0) is 11.2 Å². The van der Waals surface area contributed by atoms with Crippen molar-refractivity contribution in [2.75, 3.05) is 29.0 Å². The van der Waals surface area contributed by atoms with Gasteiger partial charge in [0.15, 0.2) is 0 Å². The van der Waals surface area contributed by atoms with E-state index in [4.69, 9.17) is 11.6 Å². The largest absolute Gasteiger partial charge is 0.376 e. The summed E-state index contributed by atoms with van der Waals surface area (Å²) in [5.41, 5.74) is 2.34. The number of halogens is 2. The highest BCUT2D eigenvalue weighted by Crippen LogP contribution is 2.24. The van der Waals surface area contributed by atoms with Gasteiger partial charge in [0.25, 0.3) is 0 Å². The van der Waals surface area contributed by atoms with Crippen molar-refractivity contribution in [2.45, 2.75) is 13.3 Å². The van der Waals surface area contributed by atoms with Crippen LogP contribution in [0.2, 0.25) is 5.02 Å². The van der Waals surface area contributed by atoms with Crippen molar-refractivity contribution in [2.24, 2.45) is 0 Å². The third-order valence-electron chi connectivity index (χ3n) is 4.08. The van der Waals surface area contributed by atoms with Crippen molar-refractivity contribution in [3.8, 4) is 0 Å². The Labute approximate surface area is 173 Å². The monoisotopic (exact) mass is 413 g/mol. The third kappa shape index (κ3) is 5.89. The van der Waals surface area contributed by atoms with Crippen molar-refractivity contribution in [3.05, 3.63) is 77.0 Å². The lowest BCUT2D eigenvalue weighted by atomic mass is 10.1. The Balaban J connectivity index is 1.67. The number of hydrogen-bond acceptors (Lipinski definition) is 5. The summed E-state index contributed by atoms with van der Waals surface area (Å²) in [7, 11) is 0. The highest BCUT2D eigenvalue weighted by molar-refractivity contribution is 6.31. The van der Waals surface area contributed by atoms with E-state index in [2.05, 4.69) is 25.9 Å². The number of benzene rings is 1. The van der Waals surface area contributed by atoms with Gasteiger partial charge in [-0.2, -0.15) is 0 Å². The summed E-state index contributed by atoms with van der Waals surface area (Å²) in [6.45, 7) is 2.71. The summed E-state index contributed by atoms with van der Waals surface area (Å²) < 4.78 is 14.2. The zero-order chi connectivity index (χ0) is 20.6. The molecule has 0 aliphatic rings. The number of nitrogens with zero attached hydrogens (tertiary/aromatic N) is 2. The van der Waals surface area contributed by atoms with Crippen molar-refractivity contribution in [3.63, 3.8) is 0 Å². The van der Waals surface area contributed by atoms with Crippen LogP contribution in [0, 0.1) is 5.82 Å². The van der Waals surface area contributed by atoms with Gasteiger partial charge in [0.2, 0.25) is 5.91 Å². The maximum Gasteiger partial charge on any atom is 0.243 e. The third-order valence-corrected chi connectivity index (χ3v) is 4.45. The van der Waals surface area contributed by atoms with Crippen LogP contribution in [0.4, 0.5) is 21.6 Å². The molecule has 3 N–H and O–H groups in total. The molecule has 0 atom stereocenters. The molecule has 0 saturated heterocycles. The number of anilines is 3. The number of pyridine rings is 2. The summed E-state index contributed by atoms with van der Waals surface area (Å²) in [5.74, 6) is 0.0128. The van der Waals surface area contributed by atoms with Crippen LogP contribution in [0.3, 0.4) is 0 Å². The van der Waals surface area contributed by atoms with Crippen molar-refractivity contribution < 1.29 is 9.18 Å². The quantitative estimate of drug-likeness (QED) is 0.512. The second-order valence-electron chi connectivity index (χ2n) is 6.28. The molecule has 2 heterocycles. The molecule has 0 radical (unpaired) electrons. The SMILES string of the molecule is CCNc1ccc(F)c(Cc2cc(NCC(=O)Nc3cccnc3)ccc2Cl)n1. The predicted octanol–water partition coefficient (Wildman–Crippen LogP) is 4.34. The normalized spacial score (nSPS) is 10.4. The van der Waals surface area contributed by atoms with E-state index >= 15 is 0 Å². The first-order valence-electron chi connectivity index (χ1n) is 9.16. The summed E-state index contributed by atoms with van der Waals surface area (Å²) in [6, 6.07) is 11.8. The molecule has 29 heavy (non-hydrogen) atoms. The molecule has 150 valence electrons. The minimum Gasteiger partial charge on any atom is -0.376 e. The first kappa shape index (κ1) is 20.5. The van der Waals surface area contributed by atoms with E-state index in [9.17, 15) is 9.18 Å². The average Bonchev–Trinajstić information content (AvgIpc) is 2.72. The Bertz CT molecular complexity index is 984.